The molecule has 1 atom stereocenters. The Bertz CT molecular complexity index is 1590. The molecular weight excluding hydrogens is 482 g/mol. The molecule has 0 spiro atoms. The number of nitrogens with zero attached hydrogens (tertiary/aromatic N) is 1. The number of aryl methyl sites for hydroxylation is 2. The molecule has 1 unspecified atom stereocenters. The standard InChI is InChI=1S/C28H24ClNO6/c1-5-35-23-12-16(6-8-20(23)31)25-24-26(32)18-10-14(2)15(3)11-22(18)36-27(24)28(33)30(25)17-7-9-21(34-4)19(29)13-17/h6-13,25,31H,5H2,1-4H3. The number of ether oxygens (including phenoxy) is 2. The summed E-state index contributed by atoms with van der Waals surface area (Å²) >= 11 is 6.40. The molecule has 5 rings (SSSR count). The van der Waals surface area contributed by atoms with Crippen LogP contribution < -0.4 is 19.8 Å². The van der Waals surface area contributed by atoms with Gasteiger partial charge in [-0.05, 0) is 79.9 Å². The highest BCUT2D eigenvalue weighted by Gasteiger charge is 2.44. The fourth-order valence-electron chi connectivity index (χ4n) is 4.59. The first-order valence-electron chi connectivity index (χ1n) is 11.5. The molecule has 7 nitrogen and oxygen atoms in total. The molecule has 0 radical (unpaired) electrons. The van der Waals surface area contributed by atoms with Gasteiger partial charge in [-0.1, -0.05) is 17.7 Å². The van der Waals surface area contributed by atoms with Crippen LogP contribution in [0.3, 0.4) is 0 Å². The van der Waals surface area contributed by atoms with Crippen molar-refractivity contribution in [2.75, 3.05) is 18.6 Å². The van der Waals surface area contributed by atoms with Gasteiger partial charge in [0, 0.05) is 5.69 Å². The number of amides is 1. The van der Waals surface area contributed by atoms with Crippen molar-refractivity contribution in [2.45, 2.75) is 26.8 Å². The van der Waals surface area contributed by atoms with E-state index < -0.39 is 11.9 Å². The second kappa shape index (κ2) is 8.91. The van der Waals surface area contributed by atoms with Crippen LogP contribution in [0.1, 0.15) is 45.8 Å². The Balaban J connectivity index is 1.80. The van der Waals surface area contributed by atoms with E-state index in [1.165, 1.54) is 18.1 Å². The lowest BCUT2D eigenvalue weighted by atomic mass is 9.97. The van der Waals surface area contributed by atoms with Gasteiger partial charge in [0.25, 0.3) is 5.91 Å². The fraction of sp³-hybridized carbons (Fsp3) is 0.214. The first-order valence-corrected chi connectivity index (χ1v) is 11.8. The smallest absolute Gasteiger partial charge is 0.295 e. The maximum atomic E-state index is 13.9. The third-order valence-electron chi connectivity index (χ3n) is 6.50. The molecule has 0 saturated carbocycles. The Hall–Kier alpha value is -3.97. The number of hydrogen-bond acceptors (Lipinski definition) is 6. The maximum Gasteiger partial charge on any atom is 0.295 e. The van der Waals surface area contributed by atoms with Crippen molar-refractivity contribution >= 4 is 34.2 Å². The molecule has 184 valence electrons. The second-order valence-electron chi connectivity index (χ2n) is 8.66. The summed E-state index contributed by atoms with van der Waals surface area (Å²) in [5.74, 6) is 0.162. The predicted molar refractivity (Wildman–Crippen MR) is 138 cm³/mol. The molecular formula is C28H24ClNO6. The number of carbonyl (C=O) groups is 1. The zero-order chi connectivity index (χ0) is 25.7. The molecule has 2 heterocycles. The quantitative estimate of drug-likeness (QED) is 0.362. The molecule has 1 aliphatic heterocycles. The van der Waals surface area contributed by atoms with Crippen molar-refractivity contribution < 1.29 is 23.8 Å². The van der Waals surface area contributed by atoms with Gasteiger partial charge in [0.2, 0.25) is 5.76 Å². The molecule has 0 aliphatic carbocycles. The van der Waals surface area contributed by atoms with Crippen LogP contribution in [-0.4, -0.2) is 24.7 Å². The zero-order valence-corrected chi connectivity index (χ0v) is 21.0. The first-order chi connectivity index (χ1) is 17.2. The van der Waals surface area contributed by atoms with E-state index in [2.05, 4.69) is 0 Å². The predicted octanol–water partition coefficient (Wildman–Crippen LogP) is 5.93. The van der Waals surface area contributed by atoms with Crippen LogP contribution in [0.25, 0.3) is 11.0 Å². The third-order valence-corrected chi connectivity index (χ3v) is 6.79. The molecule has 1 aromatic heterocycles. The van der Waals surface area contributed by atoms with Crippen molar-refractivity contribution in [3.63, 3.8) is 0 Å². The molecule has 1 aliphatic rings. The van der Waals surface area contributed by atoms with Crippen LogP contribution in [0.5, 0.6) is 17.2 Å². The van der Waals surface area contributed by atoms with Gasteiger partial charge in [-0.2, -0.15) is 0 Å². The summed E-state index contributed by atoms with van der Waals surface area (Å²) in [7, 11) is 1.50. The SMILES string of the molecule is CCOc1cc(C2c3c(oc4cc(C)c(C)cc4c3=O)C(=O)N2c2ccc(OC)c(Cl)c2)ccc1O. The van der Waals surface area contributed by atoms with Gasteiger partial charge in [-0.3, -0.25) is 14.5 Å². The molecule has 4 aromatic rings. The average molecular weight is 506 g/mol. The number of phenolic OH excluding ortho intramolecular Hbond substituents is 1. The normalized spacial score (nSPS) is 14.9. The minimum atomic E-state index is -0.834. The van der Waals surface area contributed by atoms with E-state index in [-0.39, 0.29) is 28.3 Å². The van der Waals surface area contributed by atoms with Gasteiger partial charge in [0.05, 0.1) is 35.7 Å². The van der Waals surface area contributed by atoms with Crippen molar-refractivity contribution in [2.24, 2.45) is 0 Å². The van der Waals surface area contributed by atoms with Crippen LogP contribution in [0, 0.1) is 13.8 Å². The molecule has 0 saturated heterocycles. The Morgan fingerprint density at radius 1 is 1.03 bits per heavy atom. The van der Waals surface area contributed by atoms with E-state index in [1.807, 2.05) is 13.8 Å². The summed E-state index contributed by atoms with van der Waals surface area (Å²) < 4.78 is 16.9. The largest absolute Gasteiger partial charge is 0.504 e. The Morgan fingerprint density at radius 3 is 2.47 bits per heavy atom. The molecule has 0 fully saturated rings. The first kappa shape index (κ1) is 23.8. The number of phenols is 1. The van der Waals surface area contributed by atoms with Gasteiger partial charge in [-0.25, -0.2) is 0 Å². The summed E-state index contributed by atoms with van der Waals surface area (Å²) in [6.07, 6.45) is 0. The summed E-state index contributed by atoms with van der Waals surface area (Å²) in [5, 5.41) is 11.0. The van der Waals surface area contributed by atoms with Gasteiger partial charge in [0.1, 0.15) is 11.3 Å². The third kappa shape index (κ3) is 3.67. The van der Waals surface area contributed by atoms with Crippen LogP contribution in [0.2, 0.25) is 5.02 Å². The monoisotopic (exact) mass is 505 g/mol. The molecule has 0 bridgehead atoms. The lowest BCUT2D eigenvalue weighted by Crippen LogP contribution is -2.29. The van der Waals surface area contributed by atoms with Crippen LogP contribution in [0.15, 0.2) is 57.7 Å². The highest BCUT2D eigenvalue weighted by Crippen LogP contribution is 2.44. The maximum absolute atomic E-state index is 13.9. The number of anilines is 1. The van der Waals surface area contributed by atoms with E-state index in [1.54, 1.807) is 49.4 Å². The number of rotatable bonds is 5. The second-order valence-corrected chi connectivity index (χ2v) is 9.07. The van der Waals surface area contributed by atoms with Gasteiger partial charge >= 0.3 is 0 Å². The summed E-state index contributed by atoms with van der Waals surface area (Å²) in [5.41, 5.74) is 3.21. The fourth-order valence-corrected chi connectivity index (χ4v) is 4.84. The van der Waals surface area contributed by atoms with Crippen molar-refractivity contribution in [1.29, 1.82) is 0 Å². The minimum absolute atomic E-state index is 0.0290. The molecule has 8 heteroatoms. The van der Waals surface area contributed by atoms with E-state index in [0.29, 0.717) is 39.6 Å². The molecule has 1 N–H and O–H groups in total. The Kier molecular flexibility index (Phi) is 5.88. The topological polar surface area (TPSA) is 89.2 Å². The molecule has 3 aromatic carbocycles. The summed E-state index contributed by atoms with van der Waals surface area (Å²) in [6, 6.07) is 12.5. The van der Waals surface area contributed by atoms with Crippen LogP contribution >= 0.6 is 11.6 Å². The average Bonchev–Trinajstić information content (AvgIpc) is 3.14. The highest BCUT2D eigenvalue weighted by atomic mass is 35.5. The van der Waals surface area contributed by atoms with Crippen LogP contribution in [-0.2, 0) is 0 Å². The number of hydrogen-bond donors (Lipinski definition) is 1. The number of methoxy groups -OCH3 is 1. The molecule has 1 amide bonds. The summed E-state index contributed by atoms with van der Waals surface area (Å²) in [4.78, 5) is 29.2. The highest BCUT2D eigenvalue weighted by molar-refractivity contribution is 6.32. The zero-order valence-electron chi connectivity index (χ0n) is 20.2. The Labute approximate surface area is 212 Å². The van der Waals surface area contributed by atoms with Gasteiger partial charge in [-0.15, -0.1) is 0 Å². The number of aromatic hydroxyl groups is 1. The lowest BCUT2D eigenvalue weighted by molar-refractivity contribution is 0.0971. The van der Waals surface area contributed by atoms with Crippen LogP contribution in [0.4, 0.5) is 5.69 Å². The van der Waals surface area contributed by atoms with E-state index >= 15 is 0 Å². The van der Waals surface area contributed by atoms with Gasteiger partial charge in [0.15, 0.2) is 16.9 Å². The minimum Gasteiger partial charge on any atom is -0.504 e. The van der Waals surface area contributed by atoms with Crippen molar-refractivity contribution in [3.05, 3.63) is 91.8 Å². The van der Waals surface area contributed by atoms with Crippen molar-refractivity contribution in [1.82, 2.24) is 0 Å². The number of carbonyl (C=O) groups excluding carboxylic acids is 1. The van der Waals surface area contributed by atoms with E-state index in [4.69, 9.17) is 25.5 Å². The summed E-state index contributed by atoms with van der Waals surface area (Å²) in [6.45, 7) is 5.98. The van der Waals surface area contributed by atoms with Crippen molar-refractivity contribution in [3.8, 4) is 17.2 Å². The van der Waals surface area contributed by atoms with Gasteiger partial charge < -0.3 is 19.0 Å². The van der Waals surface area contributed by atoms with E-state index in [9.17, 15) is 14.7 Å². The molecule has 36 heavy (non-hydrogen) atoms. The lowest BCUT2D eigenvalue weighted by Gasteiger charge is -2.26. The Morgan fingerprint density at radius 2 is 1.78 bits per heavy atom. The number of halogens is 1. The number of benzene rings is 3. The van der Waals surface area contributed by atoms with E-state index in [0.717, 1.165) is 11.1 Å². The number of fused-ring (bicyclic) bond motifs is 2.